The van der Waals surface area contributed by atoms with Crippen LogP contribution < -0.4 is 4.74 Å². The number of hydrogen-bond acceptors (Lipinski definition) is 5. The lowest BCUT2D eigenvalue weighted by atomic mass is 10.3. The first kappa shape index (κ1) is 14.3. The van der Waals surface area contributed by atoms with Crippen molar-refractivity contribution in [2.24, 2.45) is 0 Å². The Balaban J connectivity index is 1.60. The van der Waals surface area contributed by atoms with Gasteiger partial charge in [-0.2, -0.15) is 5.10 Å². The lowest BCUT2D eigenvalue weighted by molar-refractivity contribution is 0.0775. The fourth-order valence-electron chi connectivity index (χ4n) is 2.21. The SMILES string of the molecule is Cc1ccc(O[C@H]2CCN(C(=O)c3ccc(Cl)s3)C2)nn1. The standard InChI is InChI=1S/C14H14ClN3O2S/c1-9-2-5-13(17-16-9)20-10-6-7-18(8-10)14(19)11-3-4-12(15)21-11/h2-5,10H,6-8H2,1H3/t10-/m0/s1. The number of halogens is 1. The number of thiophene rings is 1. The van der Waals surface area contributed by atoms with Crippen molar-refractivity contribution >= 4 is 28.8 Å². The molecule has 0 aliphatic carbocycles. The van der Waals surface area contributed by atoms with Crippen molar-refractivity contribution in [3.8, 4) is 5.88 Å². The fourth-order valence-corrected chi connectivity index (χ4v) is 3.23. The third-order valence-electron chi connectivity index (χ3n) is 3.28. The highest BCUT2D eigenvalue weighted by molar-refractivity contribution is 7.17. The van der Waals surface area contributed by atoms with E-state index in [4.69, 9.17) is 16.3 Å². The molecular weight excluding hydrogens is 310 g/mol. The van der Waals surface area contributed by atoms with Gasteiger partial charge in [-0.05, 0) is 25.1 Å². The zero-order valence-corrected chi connectivity index (χ0v) is 13.0. The van der Waals surface area contributed by atoms with E-state index < -0.39 is 0 Å². The first-order valence-electron chi connectivity index (χ1n) is 6.63. The lowest BCUT2D eigenvalue weighted by Gasteiger charge is -2.16. The predicted molar refractivity (Wildman–Crippen MR) is 81.0 cm³/mol. The van der Waals surface area contributed by atoms with Gasteiger partial charge in [0, 0.05) is 19.0 Å². The fraction of sp³-hybridized carbons (Fsp3) is 0.357. The van der Waals surface area contributed by atoms with Crippen LogP contribution in [0.4, 0.5) is 0 Å². The summed E-state index contributed by atoms with van der Waals surface area (Å²) in [5, 5.41) is 7.94. The van der Waals surface area contributed by atoms with Crippen molar-refractivity contribution in [1.82, 2.24) is 15.1 Å². The quantitative estimate of drug-likeness (QED) is 0.871. The van der Waals surface area contributed by atoms with Crippen molar-refractivity contribution in [3.63, 3.8) is 0 Å². The molecule has 1 aliphatic rings. The number of amides is 1. The van der Waals surface area contributed by atoms with Crippen LogP contribution >= 0.6 is 22.9 Å². The van der Waals surface area contributed by atoms with Gasteiger partial charge in [-0.15, -0.1) is 16.4 Å². The largest absolute Gasteiger partial charge is 0.471 e. The molecule has 5 nitrogen and oxygen atoms in total. The highest BCUT2D eigenvalue weighted by Crippen LogP contribution is 2.25. The topological polar surface area (TPSA) is 55.3 Å². The van der Waals surface area contributed by atoms with Crippen LogP contribution in [0.25, 0.3) is 0 Å². The summed E-state index contributed by atoms with van der Waals surface area (Å²) in [7, 11) is 0. The zero-order valence-electron chi connectivity index (χ0n) is 11.5. The number of carbonyl (C=O) groups excluding carboxylic acids is 1. The third kappa shape index (κ3) is 3.33. The summed E-state index contributed by atoms with van der Waals surface area (Å²) in [6, 6.07) is 7.15. The average molecular weight is 324 g/mol. The van der Waals surface area contributed by atoms with Gasteiger partial charge in [-0.25, -0.2) is 0 Å². The van der Waals surface area contributed by atoms with E-state index in [1.165, 1.54) is 11.3 Å². The summed E-state index contributed by atoms with van der Waals surface area (Å²) in [6.07, 6.45) is 0.752. The molecule has 1 fully saturated rings. The van der Waals surface area contributed by atoms with Gasteiger partial charge in [0.05, 0.1) is 21.5 Å². The second-order valence-electron chi connectivity index (χ2n) is 4.90. The van der Waals surface area contributed by atoms with Crippen molar-refractivity contribution in [2.45, 2.75) is 19.4 Å². The summed E-state index contributed by atoms with van der Waals surface area (Å²) in [5.41, 5.74) is 0.847. The minimum absolute atomic E-state index is 0.00740. The second kappa shape index (κ2) is 5.99. The van der Waals surface area contributed by atoms with E-state index in [1.807, 2.05) is 13.0 Å². The molecule has 0 aromatic carbocycles. The van der Waals surface area contributed by atoms with Gasteiger partial charge in [-0.1, -0.05) is 11.6 Å². The number of nitrogens with zero attached hydrogens (tertiary/aromatic N) is 3. The van der Waals surface area contributed by atoms with Crippen LogP contribution in [0, 0.1) is 6.92 Å². The zero-order chi connectivity index (χ0) is 14.8. The highest BCUT2D eigenvalue weighted by atomic mass is 35.5. The van der Waals surface area contributed by atoms with Crippen molar-refractivity contribution in [3.05, 3.63) is 39.2 Å². The van der Waals surface area contributed by atoms with Gasteiger partial charge in [0.15, 0.2) is 0 Å². The third-order valence-corrected chi connectivity index (χ3v) is 4.50. The first-order chi connectivity index (χ1) is 10.1. The number of aromatic nitrogens is 2. The monoisotopic (exact) mass is 323 g/mol. The number of carbonyl (C=O) groups is 1. The Hall–Kier alpha value is -1.66. The van der Waals surface area contributed by atoms with E-state index >= 15 is 0 Å². The van der Waals surface area contributed by atoms with Crippen LogP contribution in [0.2, 0.25) is 4.34 Å². The molecule has 0 saturated carbocycles. The number of rotatable bonds is 3. The highest BCUT2D eigenvalue weighted by Gasteiger charge is 2.29. The van der Waals surface area contributed by atoms with Gasteiger partial charge < -0.3 is 9.64 Å². The molecule has 0 radical (unpaired) electrons. The van der Waals surface area contributed by atoms with Crippen LogP contribution in [-0.4, -0.2) is 40.2 Å². The van der Waals surface area contributed by atoms with Gasteiger partial charge in [0.1, 0.15) is 6.10 Å². The second-order valence-corrected chi connectivity index (χ2v) is 6.61. The van der Waals surface area contributed by atoms with Gasteiger partial charge in [0.25, 0.3) is 5.91 Å². The van der Waals surface area contributed by atoms with Crippen LogP contribution in [0.1, 0.15) is 21.8 Å². The summed E-state index contributed by atoms with van der Waals surface area (Å²) in [5.74, 6) is 0.507. The first-order valence-corrected chi connectivity index (χ1v) is 7.83. The van der Waals surface area contributed by atoms with Crippen molar-refractivity contribution < 1.29 is 9.53 Å². The van der Waals surface area contributed by atoms with Gasteiger partial charge in [0.2, 0.25) is 5.88 Å². The van der Waals surface area contributed by atoms with Gasteiger partial charge in [-0.3, -0.25) is 4.79 Å². The molecule has 1 aliphatic heterocycles. The van der Waals surface area contributed by atoms with Crippen LogP contribution in [0.15, 0.2) is 24.3 Å². The van der Waals surface area contributed by atoms with Crippen LogP contribution in [0.5, 0.6) is 5.88 Å². The van der Waals surface area contributed by atoms with E-state index in [2.05, 4.69) is 10.2 Å². The Morgan fingerprint density at radius 2 is 2.24 bits per heavy atom. The van der Waals surface area contributed by atoms with Crippen LogP contribution in [-0.2, 0) is 0 Å². The van der Waals surface area contributed by atoms with Crippen molar-refractivity contribution in [2.75, 3.05) is 13.1 Å². The Morgan fingerprint density at radius 3 is 2.90 bits per heavy atom. The molecular formula is C14H14ClN3O2S. The molecule has 2 aromatic heterocycles. The number of hydrogen-bond donors (Lipinski definition) is 0. The Kier molecular flexibility index (Phi) is 4.07. The number of likely N-dealkylation sites (tertiary alicyclic amines) is 1. The van der Waals surface area contributed by atoms with E-state index in [1.54, 1.807) is 23.1 Å². The number of ether oxygens (including phenoxy) is 1. The Labute approximate surface area is 131 Å². The smallest absolute Gasteiger partial charge is 0.264 e. The molecule has 0 bridgehead atoms. The molecule has 1 atom stereocenters. The molecule has 21 heavy (non-hydrogen) atoms. The maximum absolute atomic E-state index is 12.3. The normalized spacial score (nSPS) is 18.0. The minimum Gasteiger partial charge on any atom is -0.471 e. The molecule has 3 heterocycles. The minimum atomic E-state index is -0.0404. The summed E-state index contributed by atoms with van der Waals surface area (Å²) < 4.78 is 6.39. The van der Waals surface area contributed by atoms with E-state index in [-0.39, 0.29) is 12.0 Å². The maximum Gasteiger partial charge on any atom is 0.264 e. The molecule has 110 valence electrons. The summed E-state index contributed by atoms with van der Waals surface area (Å²) in [4.78, 5) is 14.7. The predicted octanol–water partition coefficient (Wildman–Crippen LogP) is 2.79. The molecule has 1 saturated heterocycles. The average Bonchev–Trinajstić information content (AvgIpc) is 3.10. The Bertz CT molecular complexity index is 644. The molecule has 2 aromatic rings. The maximum atomic E-state index is 12.3. The number of aryl methyl sites for hydroxylation is 1. The molecule has 0 spiro atoms. The molecule has 1 amide bonds. The molecule has 7 heteroatoms. The molecule has 0 N–H and O–H groups in total. The van der Waals surface area contributed by atoms with E-state index in [9.17, 15) is 4.79 Å². The van der Waals surface area contributed by atoms with E-state index in [0.29, 0.717) is 28.2 Å². The van der Waals surface area contributed by atoms with Crippen molar-refractivity contribution in [1.29, 1.82) is 0 Å². The Morgan fingerprint density at radius 1 is 1.38 bits per heavy atom. The van der Waals surface area contributed by atoms with Gasteiger partial charge >= 0.3 is 0 Å². The molecule has 0 unspecified atom stereocenters. The lowest BCUT2D eigenvalue weighted by Crippen LogP contribution is -2.30. The molecule has 3 rings (SSSR count). The van der Waals surface area contributed by atoms with E-state index in [0.717, 1.165) is 12.1 Å². The van der Waals surface area contributed by atoms with Crippen LogP contribution in [0.3, 0.4) is 0 Å². The summed E-state index contributed by atoms with van der Waals surface area (Å²) >= 11 is 7.17. The summed E-state index contributed by atoms with van der Waals surface area (Å²) in [6.45, 7) is 3.11.